The third kappa shape index (κ3) is 5.68. The highest BCUT2D eigenvalue weighted by molar-refractivity contribution is 7.77. The molecule has 3 aromatic rings. The molecule has 34 heavy (non-hydrogen) atoms. The van der Waals surface area contributed by atoms with Crippen molar-refractivity contribution in [1.82, 2.24) is 9.29 Å². The van der Waals surface area contributed by atoms with Crippen molar-refractivity contribution in [2.24, 2.45) is 7.05 Å². The zero-order chi connectivity index (χ0) is 24.2. The number of nitrogens with one attached hydrogen (secondary N) is 1. The Morgan fingerprint density at radius 2 is 1.88 bits per heavy atom. The minimum atomic E-state index is -2.14. The molecular weight excluding hydrogens is 470 g/mol. The van der Waals surface area contributed by atoms with E-state index >= 15 is 0 Å². The van der Waals surface area contributed by atoms with Crippen LogP contribution in [0.25, 0.3) is 11.1 Å². The van der Waals surface area contributed by atoms with Gasteiger partial charge in [0.1, 0.15) is 23.4 Å². The van der Waals surface area contributed by atoms with Crippen LogP contribution in [0.4, 0.5) is 8.78 Å². The van der Waals surface area contributed by atoms with Crippen LogP contribution < -0.4 is 19.8 Å². The quantitative estimate of drug-likeness (QED) is 0.446. The molecule has 1 aliphatic heterocycles. The maximum atomic E-state index is 14.3. The zero-order valence-corrected chi connectivity index (χ0v) is 18.9. The number of aryl methyl sites for hydroxylation is 1. The normalized spacial score (nSPS) is 14.5. The molecule has 2 heterocycles. The Bertz CT molecular complexity index is 1280. The van der Waals surface area contributed by atoms with Crippen LogP contribution >= 0.6 is 0 Å². The SMILES string of the molecule is Cn1cc(-c2cc(CCNS(=O)O)ccc2Oc2ccc(F)cc2F)c(OC2COC2)cc1=O. The van der Waals surface area contributed by atoms with Gasteiger partial charge in [0, 0.05) is 43.0 Å². The topological polar surface area (TPSA) is 99.0 Å². The molecule has 0 bridgehead atoms. The molecule has 0 radical (unpaired) electrons. The summed E-state index contributed by atoms with van der Waals surface area (Å²) in [5.74, 6) is -1.21. The second-order valence-corrected chi connectivity index (χ2v) is 8.47. The van der Waals surface area contributed by atoms with E-state index < -0.39 is 22.9 Å². The highest BCUT2D eigenvalue weighted by atomic mass is 32.2. The molecule has 1 unspecified atom stereocenters. The second kappa shape index (κ2) is 10.4. The molecule has 1 aromatic heterocycles. The van der Waals surface area contributed by atoms with Crippen LogP contribution in [0.1, 0.15) is 5.56 Å². The molecular formula is C23H22F2N2O6S. The van der Waals surface area contributed by atoms with Gasteiger partial charge in [0.2, 0.25) is 11.3 Å². The summed E-state index contributed by atoms with van der Waals surface area (Å²) in [5, 5.41) is 0. The maximum Gasteiger partial charge on any atom is 0.254 e. The molecule has 1 aliphatic rings. The van der Waals surface area contributed by atoms with Gasteiger partial charge in [-0.25, -0.2) is 17.7 Å². The Kier molecular flexibility index (Phi) is 7.37. The van der Waals surface area contributed by atoms with E-state index in [0.717, 1.165) is 17.7 Å². The van der Waals surface area contributed by atoms with Gasteiger partial charge in [-0.2, -0.15) is 0 Å². The number of pyridine rings is 1. The third-order valence-electron chi connectivity index (χ3n) is 5.18. The zero-order valence-electron chi connectivity index (χ0n) is 18.1. The predicted octanol–water partition coefficient (Wildman–Crippen LogP) is 3.17. The van der Waals surface area contributed by atoms with E-state index in [9.17, 15) is 17.8 Å². The van der Waals surface area contributed by atoms with Gasteiger partial charge in [0.05, 0.1) is 13.2 Å². The fraction of sp³-hybridized carbons (Fsp3) is 0.261. The van der Waals surface area contributed by atoms with Gasteiger partial charge >= 0.3 is 0 Å². The van der Waals surface area contributed by atoms with Crippen LogP contribution in [0.5, 0.6) is 17.2 Å². The molecule has 0 aliphatic carbocycles. The molecule has 1 atom stereocenters. The smallest absolute Gasteiger partial charge is 0.254 e. The maximum absolute atomic E-state index is 14.3. The number of hydrogen-bond donors (Lipinski definition) is 2. The van der Waals surface area contributed by atoms with Gasteiger partial charge in [-0.15, -0.1) is 0 Å². The van der Waals surface area contributed by atoms with Crippen LogP contribution in [0.15, 0.2) is 53.5 Å². The summed E-state index contributed by atoms with van der Waals surface area (Å²) in [5.41, 5.74) is 1.52. The number of benzene rings is 2. The fourth-order valence-electron chi connectivity index (χ4n) is 3.37. The number of halogens is 2. The lowest BCUT2D eigenvalue weighted by molar-refractivity contribution is -0.0795. The van der Waals surface area contributed by atoms with E-state index in [-0.39, 0.29) is 29.7 Å². The first kappa shape index (κ1) is 24.0. The van der Waals surface area contributed by atoms with E-state index in [4.69, 9.17) is 18.8 Å². The number of hydrogen-bond acceptors (Lipinski definition) is 5. The van der Waals surface area contributed by atoms with Gasteiger partial charge in [-0.3, -0.25) is 9.35 Å². The minimum Gasteiger partial charge on any atom is -0.485 e. The molecule has 4 rings (SSSR count). The molecule has 8 nitrogen and oxygen atoms in total. The van der Waals surface area contributed by atoms with E-state index in [2.05, 4.69) is 4.72 Å². The van der Waals surface area contributed by atoms with Crippen molar-refractivity contribution in [1.29, 1.82) is 0 Å². The molecule has 2 aromatic carbocycles. The summed E-state index contributed by atoms with van der Waals surface area (Å²) in [4.78, 5) is 12.3. The Morgan fingerprint density at radius 1 is 1.12 bits per heavy atom. The average Bonchev–Trinajstić information content (AvgIpc) is 2.75. The van der Waals surface area contributed by atoms with Crippen LogP contribution in [-0.2, 0) is 29.5 Å². The monoisotopic (exact) mass is 492 g/mol. The molecule has 2 N–H and O–H groups in total. The summed E-state index contributed by atoms with van der Waals surface area (Å²) < 4.78 is 68.2. The van der Waals surface area contributed by atoms with Gasteiger partial charge in [0.15, 0.2) is 11.6 Å². The highest BCUT2D eigenvalue weighted by Crippen LogP contribution is 2.39. The fourth-order valence-corrected chi connectivity index (χ4v) is 3.64. The Morgan fingerprint density at radius 3 is 2.56 bits per heavy atom. The van der Waals surface area contributed by atoms with Gasteiger partial charge < -0.3 is 18.8 Å². The highest BCUT2D eigenvalue weighted by Gasteiger charge is 2.24. The van der Waals surface area contributed by atoms with Gasteiger partial charge in [-0.1, -0.05) is 6.07 Å². The molecule has 0 amide bonds. The van der Waals surface area contributed by atoms with E-state index in [1.54, 1.807) is 31.4 Å². The summed E-state index contributed by atoms with van der Waals surface area (Å²) in [7, 11) is 1.59. The summed E-state index contributed by atoms with van der Waals surface area (Å²) in [6, 6.07) is 9.47. The lowest BCUT2D eigenvalue weighted by atomic mass is 10.0. The Hall–Kier alpha value is -3.12. The molecule has 0 saturated carbocycles. The van der Waals surface area contributed by atoms with E-state index in [1.165, 1.54) is 16.7 Å². The van der Waals surface area contributed by atoms with Crippen molar-refractivity contribution in [2.45, 2.75) is 12.5 Å². The largest absolute Gasteiger partial charge is 0.485 e. The molecule has 1 saturated heterocycles. The molecule has 180 valence electrons. The average molecular weight is 493 g/mol. The lowest BCUT2D eigenvalue weighted by Gasteiger charge is -2.28. The Balaban J connectivity index is 1.78. The standard InChI is InChI=1S/C23H22F2N2O6S/c1-27-11-18(22(10-23(27)28)32-16-12-31-13-16)17-8-14(6-7-26-34(29)30)2-4-20(17)33-21-5-3-15(24)9-19(21)25/h2-5,8-11,16,26H,6-7,12-13H2,1H3,(H,29,30). The van der Waals surface area contributed by atoms with Crippen LogP contribution in [-0.4, -0.2) is 39.2 Å². The third-order valence-corrected chi connectivity index (χ3v) is 5.63. The lowest BCUT2D eigenvalue weighted by Crippen LogP contribution is -2.39. The van der Waals surface area contributed by atoms with Gasteiger partial charge in [-0.05, 0) is 36.2 Å². The predicted molar refractivity (Wildman–Crippen MR) is 121 cm³/mol. The van der Waals surface area contributed by atoms with Crippen molar-refractivity contribution < 1.29 is 31.8 Å². The van der Waals surface area contributed by atoms with Crippen molar-refractivity contribution in [3.8, 4) is 28.4 Å². The van der Waals surface area contributed by atoms with Crippen molar-refractivity contribution in [3.05, 3.63) is 76.2 Å². The first-order valence-corrected chi connectivity index (χ1v) is 11.5. The number of ether oxygens (including phenoxy) is 3. The van der Waals surface area contributed by atoms with Crippen molar-refractivity contribution in [2.75, 3.05) is 19.8 Å². The molecule has 11 heteroatoms. The van der Waals surface area contributed by atoms with Crippen molar-refractivity contribution >= 4 is 11.3 Å². The van der Waals surface area contributed by atoms with E-state index in [0.29, 0.717) is 36.5 Å². The first-order chi connectivity index (χ1) is 16.3. The second-order valence-electron chi connectivity index (χ2n) is 7.68. The van der Waals surface area contributed by atoms with Crippen LogP contribution in [0.2, 0.25) is 0 Å². The summed E-state index contributed by atoms with van der Waals surface area (Å²) in [6.45, 7) is 1.01. The van der Waals surface area contributed by atoms with E-state index in [1.807, 2.05) is 0 Å². The summed E-state index contributed by atoms with van der Waals surface area (Å²) >= 11 is -2.14. The first-order valence-electron chi connectivity index (χ1n) is 10.4. The summed E-state index contributed by atoms with van der Waals surface area (Å²) in [6.07, 6.45) is 1.78. The minimum absolute atomic E-state index is 0.174. The number of aromatic nitrogens is 1. The Labute approximate surface area is 196 Å². The number of nitrogens with zero attached hydrogens (tertiary/aromatic N) is 1. The van der Waals surface area contributed by atoms with Gasteiger partial charge in [0.25, 0.3) is 5.56 Å². The van der Waals surface area contributed by atoms with Crippen molar-refractivity contribution in [3.63, 3.8) is 0 Å². The number of rotatable bonds is 9. The van der Waals surface area contributed by atoms with Crippen LogP contribution in [0.3, 0.4) is 0 Å². The molecule has 1 fully saturated rings. The van der Waals surface area contributed by atoms with Crippen LogP contribution in [0, 0.1) is 11.6 Å². The molecule has 0 spiro atoms.